The first kappa shape index (κ1) is 13.8. The summed E-state index contributed by atoms with van der Waals surface area (Å²) < 4.78 is 0. The Kier molecular flexibility index (Phi) is 4.53. The first-order chi connectivity index (χ1) is 8.41. The number of phenolic OH excluding ortho intramolecular Hbond substituents is 1. The lowest BCUT2D eigenvalue weighted by atomic mass is 10.2. The van der Waals surface area contributed by atoms with Gasteiger partial charge in [0.05, 0.1) is 0 Å². The SMILES string of the molecule is CN(CCN(C)C(=O)c1ccc(O)cc1)C(=O)O. The molecule has 98 valence electrons. The van der Waals surface area contributed by atoms with E-state index in [0.717, 1.165) is 4.90 Å². The summed E-state index contributed by atoms with van der Waals surface area (Å²) in [6, 6.07) is 5.92. The zero-order valence-corrected chi connectivity index (χ0v) is 10.3. The summed E-state index contributed by atoms with van der Waals surface area (Å²) in [5, 5.41) is 17.8. The van der Waals surface area contributed by atoms with E-state index in [9.17, 15) is 9.59 Å². The second-order valence-electron chi connectivity index (χ2n) is 3.98. The summed E-state index contributed by atoms with van der Waals surface area (Å²) >= 11 is 0. The highest BCUT2D eigenvalue weighted by Gasteiger charge is 2.13. The van der Waals surface area contributed by atoms with Gasteiger partial charge in [0.15, 0.2) is 0 Å². The van der Waals surface area contributed by atoms with Gasteiger partial charge in [-0.25, -0.2) is 4.79 Å². The lowest BCUT2D eigenvalue weighted by Crippen LogP contribution is -2.36. The van der Waals surface area contributed by atoms with Crippen LogP contribution in [0.4, 0.5) is 4.79 Å². The van der Waals surface area contributed by atoms with Crippen LogP contribution in [0.15, 0.2) is 24.3 Å². The second kappa shape index (κ2) is 5.90. The van der Waals surface area contributed by atoms with Gasteiger partial charge in [0.2, 0.25) is 0 Å². The fourth-order valence-electron chi connectivity index (χ4n) is 1.32. The zero-order valence-electron chi connectivity index (χ0n) is 10.3. The molecule has 2 N–H and O–H groups in total. The summed E-state index contributed by atoms with van der Waals surface area (Å²) in [6.07, 6.45) is -1.03. The molecule has 0 spiro atoms. The van der Waals surface area contributed by atoms with Crippen LogP contribution in [0.3, 0.4) is 0 Å². The van der Waals surface area contributed by atoms with E-state index in [2.05, 4.69) is 0 Å². The average molecular weight is 252 g/mol. The van der Waals surface area contributed by atoms with E-state index < -0.39 is 6.09 Å². The number of likely N-dealkylation sites (N-methyl/N-ethyl adjacent to an activating group) is 2. The Morgan fingerprint density at radius 1 is 1.06 bits per heavy atom. The van der Waals surface area contributed by atoms with Crippen LogP contribution < -0.4 is 0 Å². The van der Waals surface area contributed by atoms with Gasteiger partial charge >= 0.3 is 6.09 Å². The van der Waals surface area contributed by atoms with Crippen molar-refractivity contribution in [3.63, 3.8) is 0 Å². The van der Waals surface area contributed by atoms with E-state index in [1.807, 2.05) is 0 Å². The highest BCUT2D eigenvalue weighted by molar-refractivity contribution is 5.94. The van der Waals surface area contributed by atoms with Gasteiger partial charge in [-0.2, -0.15) is 0 Å². The van der Waals surface area contributed by atoms with E-state index in [-0.39, 0.29) is 18.2 Å². The molecule has 1 aromatic rings. The first-order valence-electron chi connectivity index (χ1n) is 5.40. The van der Waals surface area contributed by atoms with Crippen molar-refractivity contribution in [2.45, 2.75) is 0 Å². The number of aromatic hydroxyl groups is 1. The van der Waals surface area contributed by atoms with Crippen molar-refractivity contribution in [1.29, 1.82) is 0 Å². The molecule has 0 atom stereocenters. The molecule has 0 fully saturated rings. The largest absolute Gasteiger partial charge is 0.508 e. The molecule has 0 unspecified atom stereocenters. The molecule has 6 nitrogen and oxygen atoms in total. The molecule has 0 aliphatic rings. The van der Waals surface area contributed by atoms with Gasteiger partial charge in [-0.15, -0.1) is 0 Å². The lowest BCUT2D eigenvalue weighted by molar-refractivity contribution is 0.0778. The second-order valence-corrected chi connectivity index (χ2v) is 3.98. The maximum absolute atomic E-state index is 11.9. The number of benzene rings is 1. The van der Waals surface area contributed by atoms with Gasteiger partial charge < -0.3 is 20.0 Å². The standard InChI is InChI=1S/C12H16N2O4/c1-13(7-8-14(2)12(17)18)11(16)9-3-5-10(15)6-4-9/h3-6,15H,7-8H2,1-2H3,(H,17,18). The van der Waals surface area contributed by atoms with Crippen molar-refractivity contribution in [3.05, 3.63) is 29.8 Å². The average Bonchev–Trinajstić information content (AvgIpc) is 2.35. The molecule has 0 saturated carbocycles. The van der Waals surface area contributed by atoms with Crippen molar-refractivity contribution < 1.29 is 19.8 Å². The fraction of sp³-hybridized carbons (Fsp3) is 0.333. The van der Waals surface area contributed by atoms with Crippen LogP contribution >= 0.6 is 0 Å². The van der Waals surface area contributed by atoms with E-state index in [4.69, 9.17) is 10.2 Å². The molecule has 1 aromatic carbocycles. The number of phenols is 1. The molecule has 2 amide bonds. The Labute approximate surface area is 105 Å². The molecule has 1 rings (SSSR count). The van der Waals surface area contributed by atoms with Gasteiger partial charge in [-0.05, 0) is 24.3 Å². The minimum Gasteiger partial charge on any atom is -0.508 e. The number of amides is 2. The van der Waals surface area contributed by atoms with Crippen LogP contribution in [0.2, 0.25) is 0 Å². The Bertz CT molecular complexity index is 430. The van der Waals surface area contributed by atoms with E-state index in [1.165, 1.54) is 36.2 Å². The number of nitrogens with zero attached hydrogens (tertiary/aromatic N) is 2. The van der Waals surface area contributed by atoms with Gasteiger partial charge in [0, 0.05) is 32.7 Å². The van der Waals surface area contributed by atoms with Gasteiger partial charge in [-0.3, -0.25) is 4.79 Å². The van der Waals surface area contributed by atoms with Crippen molar-refractivity contribution in [2.75, 3.05) is 27.2 Å². The molecule has 0 aliphatic heterocycles. The summed E-state index contributed by atoms with van der Waals surface area (Å²) in [6.45, 7) is 0.554. The Morgan fingerprint density at radius 2 is 1.56 bits per heavy atom. The van der Waals surface area contributed by atoms with Crippen LogP contribution in [0.25, 0.3) is 0 Å². The monoisotopic (exact) mass is 252 g/mol. The Balaban J connectivity index is 2.56. The number of carboxylic acid groups (broad SMARTS) is 1. The van der Waals surface area contributed by atoms with Gasteiger partial charge in [0.1, 0.15) is 5.75 Å². The van der Waals surface area contributed by atoms with Crippen molar-refractivity contribution in [1.82, 2.24) is 9.80 Å². The Hall–Kier alpha value is -2.24. The molecule has 6 heteroatoms. The third-order valence-corrected chi connectivity index (χ3v) is 2.56. The number of hydrogen-bond acceptors (Lipinski definition) is 3. The van der Waals surface area contributed by atoms with Crippen molar-refractivity contribution in [3.8, 4) is 5.75 Å². The van der Waals surface area contributed by atoms with Crippen LogP contribution in [-0.2, 0) is 0 Å². The maximum atomic E-state index is 11.9. The van der Waals surface area contributed by atoms with Gasteiger partial charge in [0.25, 0.3) is 5.91 Å². The molecular weight excluding hydrogens is 236 g/mol. The number of carbonyl (C=O) groups excluding carboxylic acids is 1. The third-order valence-electron chi connectivity index (χ3n) is 2.56. The highest BCUT2D eigenvalue weighted by atomic mass is 16.4. The minimum absolute atomic E-state index is 0.0970. The van der Waals surface area contributed by atoms with Crippen LogP contribution in [-0.4, -0.2) is 59.2 Å². The van der Waals surface area contributed by atoms with Crippen LogP contribution in [0.1, 0.15) is 10.4 Å². The van der Waals surface area contributed by atoms with E-state index in [1.54, 1.807) is 7.05 Å². The molecule has 0 heterocycles. The number of rotatable bonds is 4. The molecule has 18 heavy (non-hydrogen) atoms. The molecule has 0 bridgehead atoms. The summed E-state index contributed by atoms with van der Waals surface area (Å²) in [7, 11) is 3.05. The van der Waals surface area contributed by atoms with E-state index >= 15 is 0 Å². The summed E-state index contributed by atoms with van der Waals surface area (Å²) in [4.78, 5) is 25.0. The van der Waals surface area contributed by atoms with Gasteiger partial charge in [-0.1, -0.05) is 0 Å². The van der Waals surface area contributed by atoms with E-state index in [0.29, 0.717) is 12.1 Å². The maximum Gasteiger partial charge on any atom is 0.407 e. The van der Waals surface area contributed by atoms with Crippen molar-refractivity contribution in [2.24, 2.45) is 0 Å². The minimum atomic E-state index is -1.03. The fourth-order valence-corrected chi connectivity index (χ4v) is 1.32. The topological polar surface area (TPSA) is 81.1 Å². The summed E-state index contributed by atoms with van der Waals surface area (Å²) in [5.41, 5.74) is 0.452. The quantitative estimate of drug-likeness (QED) is 0.840. The van der Waals surface area contributed by atoms with Crippen molar-refractivity contribution >= 4 is 12.0 Å². The third kappa shape index (κ3) is 3.65. The normalized spacial score (nSPS) is 9.89. The van der Waals surface area contributed by atoms with Crippen LogP contribution in [0, 0.1) is 0 Å². The molecule has 0 aliphatic carbocycles. The van der Waals surface area contributed by atoms with Crippen LogP contribution in [0.5, 0.6) is 5.75 Å². The smallest absolute Gasteiger partial charge is 0.407 e. The Morgan fingerprint density at radius 3 is 2.06 bits per heavy atom. The molecule has 0 aromatic heterocycles. The molecule has 0 radical (unpaired) electrons. The number of hydrogen-bond donors (Lipinski definition) is 2. The summed E-state index contributed by atoms with van der Waals surface area (Å²) in [5.74, 6) is -0.117. The first-order valence-corrected chi connectivity index (χ1v) is 5.40. The zero-order chi connectivity index (χ0) is 13.7. The lowest BCUT2D eigenvalue weighted by Gasteiger charge is -2.20. The molecule has 0 saturated heterocycles. The highest BCUT2D eigenvalue weighted by Crippen LogP contribution is 2.11. The predicted molar refractivity (Wildman–Crippen MR) is 65.7 cm³/mol. The molecular formula is C12H16N2O4. The number of carbonyl (C=O) groups is 2. The predicted octanol–water partition coefficient (Wildman–Crippen LogP) is 1.07.